The highest BCUT2D eigenvalue weighted by Gasteiger charge is 2.11. The molecule has 0 aliphatic carbocycles. The van der Waals surface area contributed by atoms with Crippen LogP contribution in [0.1, 0.15) is 0 Å². The number of aromatic nitrogens is 3. The van der Waals surface area contributed by atoms with Crippen LogP contribution in [0.4, 0.5) is 5.69 Å². The van der Waals surface area contributed by atoms with Crippen LogP contribution in [0.2, 0.25) is 0 Å². The predicted octanol–water partition coefficient (Wildman–Crippen LogP) is 3.36. The number of benzene rings is 2. The number of hydrogen-bond donors (Lipinski definition) is 2. The van der Waals surface area contributed by atoms with E-state index in [2.05, 4.69) is 27.3 Å². The van der Waals surface area contributed by atoms with Gasteiger partial charge in [-0.2, -0.15) is 5.10 Å². The van der Waals surface area contributed by atoms with E-state index in [-0.39, 0.29) is 0 Å². The van der Waals surface area contributed by atoms with Gasteiger partial charge < -0.3 is 5.73 Å². The predicted molar refractivity (Wildman–Crippen MR) is 81.2 cm³/mol. The average molecular weight is 260 g/mol. The largest absolute Gasteiger partial charge is 0.399 e. The Hall–Kier alpha value is -2.88. The van der Waals surface area contributed by atoms with Crippen molar-refractivity contribution in [1.29, 1.82) is 0 Å². The molecule has 0 spiro atoms. The van der Waals surface area contributed by atoms with Crippen molar-refractivity contribution in [2.75, 3.05) is 5.73 Å². The van der Waals surface area contributed by atoms with Crippen LogP contribution < -0.4 is 5.73 Å². The molecule has 96 valence electrons. The summed E-state index contributed by atoms with van der Waals surface area (Å²) in [5.74, 6) is 0. The van der Waals surface area contributed by atoms with E-state index in [1.54, 1.807) is 6.20 Å². The van der Waals surface area contributed by atoms with Gasteiger partial charge in [-0.05, 0) is 24.3 Å². The molecule has 4 heteroatoms. The summed E-state index contributed by atoms with van der Waals surface area (Å²) >= 11 is 0. The van der Waals surface area contributed by atoms with Gasteiger partial charge in [-0.3, -0.25) is 10.1 Å². The number of nitrogens with two attached hydrogens (primary N) is 1. The summed E-state index contributed by atoms with van der Waals surface area (Å²) in [7, 11) is 0. The molecule has 2 heterocycles. The van der Waals surface area contributed by atoms with Crippen LogP contribution >= 0.6 is 0 Å². The second kappa shape index (κ2) is 4.06. The monoisotopic (exact) mass is 260 g/mol. The normalized spacial score (nSPS) is 11.2. The van der Waals surface area contributed by atoms with Crippen LogP contribution in [0.5, 0.6) is 0 Å². The van der Waals surface area contributed by atoms with Crippen molar-refractivity contribution < 1.29 is 0 Å². The number of rotatable bonds is 1. The summed E-state index contributed by atoms with van der Waals surface area (Å²) in [6, 6.07) is 15.9. The number of aromatic amines is 1. The number of anilines is 1. The number of pyridine rings is 1. The zero-order chi connectivity index (χ0) is 13.5. The van der Waals surface area contributed by atoms with Gasteiger partial charge in [0.1, 0.15) is 5.69 Å². The molecule has 0 fully saturated rings. The number of nitrogens with zero attached hydrogens (tertiary/aromatic N) is 2. The molecule has 4 nitrogen and oxygen atoms in total. The lowest BCUT2D eigenvalue weighted by Gasteiger charge is -2.03. The van der Waals surface area contributed by atoms with E-state index < -0.39 is 0 Å². The third-order valence-corrected chi connectivity index (χ3v) is 3.47. The molecule has 4 aromatic rings. The van der Waals surface area contributed by atoms with Gasteiger partial charge in [-0.15, -0.1) is 0 Å². The highest BCUT2D eigenvalue weighted by atomic mass is 15.1. The minimum atomic E-state index is 0.726. The molecule has 0 aliphatic rings. The quantitative estimate of drug-likeness (QED) is 0.516. The number of nitrogens with one attached hydrogen (secondary N) is 1. The zero-order valence-electron chi connectivity index (χ0n) is 10.7. The minimum Gasteiger partial charge on any atom is -0.399 e. The van der Waals surface area contributed by atoms with Gasteiger partial charge in [-0.25, -0.2) is 0 Å². The van der Waals surface area contributed by atoms with E-state index in [0.717, 1.165) is 38.8 Å². The summed E-state index contributed by atoms with van der Waals surface area (Å²) in [5, 5.41) is 9.63. The maximum atomic E-state index is 5.80. The Bertz CT molecular complexity index is 919. The number of nitrogen functional groups attached to an aromatic ring is 1. The molecule has 2 aromatic carbocycles. The third kappa shape index (κ3) is 1.55. The fourth-order valence-corrected chi connectivity index (χ4v) is 2.54. The first-order chi connectivity index (χ1) is 9.83. The van der Waals surface area contributed by atoms with Gasteiger partial charge >= 0.3 is 0 Å². The molecule has 4 rings (SSSR count). The van der Waals surface area contributed by atoms with Crippen LogP contribution in [0, 0.1) is 0 Å². The number of hydrogen-bond acceptors (Lipinski definition) is 3. The lowest BCUT2D eigenvalue weighted by atomic mass is 10.0. The molecule has 0 saturated heterocycles. The lowest BCUT2D eigenvalue weighted by molar-refractivity contribution is 1.12. The van der Waals surface area contributed by atoms with Crippen LogP contribution in [-0.2, 0) is 0 Å². The van der Waals surface area contributed by atoms with Crippen molar-refractivity contribution >= 4 is 27.5 Å². The van der Waals surface area contributed by atoms with Crippen LogP contribution in [0.15, 0.2) is 54.7 Å². The van der Waals surface area contributed by atoms with Gasteiger partial charge in [-0.1, -0.05) is 24.3 Å². The lowest BCUT2D eigenvalue weighted by Crippen LogP contribution is -1.85. The summed E-state index contributed by atoms with van der Waals surface area (Å²) in [4.78, 5) is 4.48. The SMILES string of the molecule is Nc1ccc2c(-c3cccc4cccnc34)n[nH]c2c1. The van der Waals surface area contributed by atoms with Gasteiger partial charge in [0, 0.05) is 28.2 Å². The minimum absolute atomic E-state index is 0.726. The number of fused-ring (bicyclic) bond motifs is 2. The molecule has 0 bridgehead atoms. The molecule has 0 radical (unpaired) electrons. The van der Waals surface area contributed by atoms with Crippen molar-refractivity contribution in [3.8, 4) is 11.3 Å². The Balaban J connectivity index is 2.06. The van der Waals surface area contributed by atoms with Gasteiger partial charge in [0.25, 0.3) is 0 Å². The Morgan fingerprint density at radius 2 is 1.90 bits per heavy atom. The van der Waals surface area contributed by atoms with E-state index in [9.17, 15) is 0 Å². The van der Waals surface area contributed by atoms with Crippen molar-refractivity contribution in [3.63, 3.8) is 0 Å². The maximum absolute atomic E-state index is 5.80. The standard InChI is InChI=1S/C16H12N4/c17-11-6-7-12-14(9-11)19-20-16(12)13-5-1-3-10-4-2-8-18-15(10)13/h1-9H,17H2,(H,19,20). The smallest absolute Gasteiger partial charge is 0.102 e. The summed E-state index contributed by atoms with van der Waals surface area (Å²) in [6.45, 7) is 0. The molecule has 20 heavy (non-hydrogen) atoms. The molecule has 0 atom stereocenters. The average Bonchev–Trinajstić information content (AvgIpc) is 2.89. The van der Waals surface area contributed by atoms with Crippen molar-refractivity contribution in [1.82, 2.24) is 15.2 Å². The second-order valence-corrected chi connectivity index (χ2v) is 4.76. The fourth-order valence-electron chi connectivity index (χ4n) is 2.54. The Morgan fingerprint density at radius 3 is 2.85 bits per heavy atom. The molecular formula is C16H12N4. The summed E-state index contributed by atoms with van der Waals surface area (Å²) < 4.78 is 0. The number of H-pyrrole nitrogens is 1. The molecule has 0 amide bonds. The number of para-hydroxylation sites is 1. The second-order valence-electron chi connectivity index (χ2n) is 4.76. The zero-order valence-corrected chi connectivity index (χ0v) is 10.7. The van der Waals surface area contributed by atoms with E-state index >= 15 is 0 Å². The van der Waals surface area contributed by atoms with Crippen molar-refractivity contribution in [2.45, 2.75) is 0 Å². The van der Waals surface area contributed by atoms with Crippen LogP contribution in [0.25, 0.3) is 33.1 Å². The van der Waals surface area contributed by atoms with Crippen LogP contribution in [0.3, 0.4) is 0 Å². The van der Waals surface area contributed by atoms with Gasteiger partial charge in [0.15, 0.2) is 0 Å². The molecule has 0 saturated carbocycles. The van der Waals surface area contributed by atoms with Crippen molar-refractivity contribution in [3.05, 3.63) is 54.7 Å². The topological polar surface area (TPSA) is 67.6 Å². The van der Waals surface area contributed by atoms with Gasteiger partial charge in [0.05, 0.1) is 11.0 Å². The highest BCUT2D eigenvalue weighted by molar-refractivity contribution is 6.02. The van der Waals surface area contributed by atoms with E-state index in [1.165, 1.54) is 0 Å². The summed E-state index contributed by atoms with van der Waals surface area (Å²) in [5.41, 5.74) is 10.4. The fraction of sp³-hybridized carbons (Fsp3) is 0. The Labute approximate surface area is 115 Å². The molecule has 0 aliphatic heterocycles. The van der Waals surface area contributed by atoms with E-state index in [1.807, 2.05) is 36.4 Å². The highest BCUT2D eigenvalue weighted by Crippen LogP contribution is 2.31. The first-order valence-electron chi connectivity index (χ1n) is 6.41. The van der Waals surface area contributed by atoms with Crippen molar-refractivity contribution in [2.24, 2.45) is 0 Å². The molecule has 3 N–H and O–H groups in total. The first kappa shape index (κ1) is 11.0. The van der Waals surface area contributed by atoms with Crippen LogP contribution in [-0.4, -0.2) is 15.2 Å². The Morgan fingerprint density at radius 1 is 1.00 bits per heavy atom. The Kier molecular flexibility index (Phi) is 2.23. The summed E-state index contributed by atoms with van der Waals surface area (Å²) in [6.07, 6.45) is 1.80. The van der Waals surface area contributed by atoms with Gasteiger partial charge in [0.2, 0.25) is 0 Å². The molecule has 0 unspecified atom stereocenters. The van der Waals surface area contributed by atoms with E-state index in [4.69, 9.17) is 5.73 Å². The molecule has 2 aromatic heterocycles. The third-order valence-electron chi connectivity index (χ3n) is 3.47. The molecular weight excluding hydrogens is 248 g/mol. The van der Waals surface area contributed by atoms with E-state index in [0.29, 0.717) is 0 Å². The first-order valence-corrected chi connectivity index (χ1v) is 6.41. The maximum Gasteiger partial charge on any atom is 0.102 e.